The lowest BCUT2D eigenvalue weighted by atomic mass is 9.89. The maximum atomic E-state index is 11.2. The minimum absolute atomic E-state index is 0.0252. The average Bonchev–Trinajstić information content (AvgIpc) is 2.58. The normalized spacial score (nSPS) is 41.8. The minimum Gasteiger partial charge on any atom is -0.469 e. The Balaban J connectivity index is 1.87. The van der Waals surface area contributed by atoms with Crippen molar-refractivity contribution in [3.05, 3.63) is 0 Å². The number of hydrogen-bond acceptors (Lipinski definition) is 2. The average molecular weight is 182 g/mol. The smallest absolute Gasteiger partial charge is 0.309 e. The van der Waals surface area contributed by atoms with Crippen LogP contribution in [-0.2, 0) is 9.53 Å². The second kappa shape index (κ2) is 3.00. The predicted molar refractivity (Wildman–Crippen MR) is 50.0 cm³/mol. The van der Waals surface area contributed by atoms with Crippen LogP contribution in [0, 0.1) is 29.6 Å². The number of ether oxygens (including phenoxy) is 1. The Morgan fingerprint density at radius 1 is 1.31 bits per heavy atom. The summed E-state index contributed by atoms with van der Waals surface area (Å²) in [6, 6.07) is 0. The highest BCUT2D eigenvalue weighted by molar-refractivity contribution is 5.76. The zero-order valence-electron chi connectivity index (χ0n) is 8.62. The van der Waals surface area contributed by atoms with E-state index in [0.717, 1.165) is 11.8 Å². The van der Waals surface area contributed by atoms with Gasteiger partial charge < -0.3 is 4.74 Å². The molecule has 2 nitrogen and oxygen atoms in total. The topological polar surface area (TPSA) is 26.3 Å². The molecule has 2 rings (SSSR count). The monoisotopic (exact) mass is 182 g/mol. The van der Waals surface area contributed by atoms with Gasteiger partial charge >= 0.3 is 5.97 Å². The minimum atomic E-state index is 0.0252. The van der Waals surface area contributed by atoms with E-state index in [1.54, 1.807) is 0 Å². The first-order chi connectivity index (χ1) is 6.15. The van der Waals surface area contributed by atoms with E-state index in [0.29, 0.717) is 11.8 Å². The highest BCUT2D eigenvalue weighted by atomic mass is 16.5. The number of carbonyl (C=O) groups excluding carboxylic acids is 1. The molecule has 0 saturated heterocycles. The molecule has 2 saturated carbocycles. The Kier molecular flexibility index (Phi) is 2.09. The molecule has 0 aromatic rings. The third-order valence-corrected chi connectivity index (χ3v) is 3.90. The summed E-state index contributed by atoms with van der Waals surface area (Å²) in [5, 5.41) is 0. The Hall–Kier alpha value is -0.530. The molecule has 2 aliphatic carbocycles. The van der Waals surface area contributed by atoms with Gasteiger partial charge in [0.15, 0.2) is 0 Å². The number of esters is 1. The maximum absolute atomic E-state index is 11.2. The number of fused-ring (bicyclic) bond motifs is 1. The van der Waals surface area contributed by atoms with E-state index in [2.05, 4.69) is 13.8 Å². The highest BCUT2D eigenvalue weighted by Gasteiger charge is 2.60. The maximum Gasteiger partial charge on any atom is 0.309 e. The molecule has 0 aliphatic heterocycles. The standard InChI is InChI=1S/C11H18O2/c1-6(2)7-4-8-9(5-7)10(8)11(12)13-3/h6-10H,4-5H2,1-3H3/t7?,8-,9+,10?. The van der Waals surface area contributed by atoms with Gasteiger partial charge in [0.1, 0.15) is 0 Å². The van der Waals surface area contributed by atoms with Crippen LogP contribution in [0.15, 0.2) is 0 Å². The fourth-order valence-electron chi connectivity index (χ4n) is 2.91. The molecule has 2 heteroatoms. The second-order valence-corrected chi connectivity index (χ2v) is 4.85. The van der Waals surface area contributed by atoms with Gasteiger partial charge in [-0.25, -0.2) is 0 Å². The lowest BCUT2D eigenvalue weighted by Crippen LogP contribution is -2.13. The zero-order chi connectivity index (χ0) is 9.59. The molecule has 0 amide bonds. The Bertz CT molecular complexity index is 210. The third-order valence-electron chi connectivity index (χ3n) is 3.90. The van der Waals surface area contributed by atoms with E-state index in [4.69, 9.17) is 4.74 Å². The molecule has 2 aliphatic rings. The van der Waals surface area contributed by atoms with Gasteiger partial charge in [-0.05, 0) is 36.5 Å². The van der Waals surface area contributed by atoms with Crippen LogP contribution in [0.5, 0.6) is 0 Å². The summed E-state index contributed by atoms with van der Waals surface area (Å²) in [6.07, 6.45) is 2.50. The number of rotatable bonds is 2. The molecule has 0 aromatic carbocycles. The van der Waals surface area contributed by atoms with E-state index in [9.17, 15) is 4.79 Å². The van der Waals surface area contributed by atoms with E-state index in [1.807, 2.05) is 0 Å². The lowest BCUT2D eigenvalue weighted by Gasteiger charge is -2.16. The van der Waals surface area contributed by atoms with Gasteiger partial charge in [-0.2, -0.15) is 0 Å². The van der Waals surface area contributed by atoms with Crippen LogP contribution < -0.4 is 0 Å². The molecule has 0 heterocycles. The summed E-state index contributed by atoms with van der Waals surface area (Å²) < 4.78 is 4.77. The van der Waals surface area contributed by atoms with Crippen molar-refractivity contribution in [1.82, 2.24) is 0 Å². The predicted octanol–water partition coefficient (Wildman–Crippen LogP) is 2.09. The zero-order valence-corrected chi connectivity index (χ0v) is 8.62. The highest BCUT2D eigenvalue weighted by Crippen LogP contribution is 2.61. The molecule has 0 radical (unpaired) electrons. The van der Waals surface area contributed by atoms with Crippen molar-refractivity contribution in [3.63, 3.8) is 0 Å². The van der Waals surface area contributed by atoms with Gasteiger partial charge in [0.25, 0.3) is 0 Å². The number of hydrogen-bond donors (Lipinski definition) is 0. The number of methoxy groups -OCH3 is 1. The molecule has 0 bridgehead atoms. The fourth-order valence-corrected chi connectivity index (χ4v) is 2.91. The summed E-state index contributed by atoms with van der Waals surface area (Å²) in [4.78, 5) is 11.2. The second-order valence-electron chi connectivity index (χ2n) is 4.85. The lowest BCUT2D eigenvalue weighted by molar-refractivity contribution is -0.143. The molecule has 2 unspecified atom stereocenters. The summed E-state index contributed by atoms with van der Waals surface area (Å²) >= 11 is 0. The first-order valence-electron chi connectivity index (χ1n) is 5.23. The molecule has 4 atom stereocenters. The first-order valence-corrected chi connectivity index (χ1v) is 5.23. The van der Waals surface area contributed by atoms with Crippen molar-refractivity contribution in [2.24, 2.45) is 29.6 Å². The summed E-state index contributed by atoms with van der Waals surface area (Å²) in [6.45, 7) is 4.56. The molecule has 74 valence electrons. The van der Waals surface area contributed by atoms with Crippen LogP contribution in [0.4, 0.5) is 0 Å². The van der Waals surface area contributed by atoms with Crippen molar-refractivity contribution in [2.45, 2.75) is 26.7 Å². The molecule has 0 aromatic heterocycles. The van der Waals surface area contributed by atoms with Crippen LogP contribution >= 0.6 is 0 Å². The van der Waals surface area contributed by atoms with E-state index >= 15 is 0 Å². The van der Waals surface area contributed by atoms with Crippen molar-refractivity contribution in [2.75, 3.05) is 7.11 Å². The van der Waals surface area contributed by atoms with E-state index in [-0.39, 0.29) is 11.9 Å². The third kappa shape index (κ3) is 1.36. The van der Waals surface area contributed by atoms with Crippen LogP contribution in [0.3, 0.4) is 0 Å². The molecule has 2 fully saturated rings. The van der Waals surface area contributed by atoms with Gasteiger partial charge in [-0.3, -0.25) is 4.79 Å². The van der Waals surface area contributed by atoms with Crippen molar-refractivity contribution >= 4 is 5.97 Å². The van der Waals surface area contributed by atoms with Crippen LogP contribution in [-0.4, -0.2) is 13.1 Å². The molecular weight excluding hydrogens is 164 g/mol. The van der Waals surface area contributed by atoms with Crippen LogP contribution in [0.2, 0.25) is 0 Å². The first kappa shape index (κ1) is 9.04. The summed E-state index contributed by atoms with van der Waals surface area (Å²) in [5.41, 5.74) is 0. The molecular formula is C11H18O2. The van der Waals surface area contributed by atoms with Gasteiger partial charge in [0.05, 0.1) is 13.0 Å². The van der Waals surface area contributed by atoms with Crippen LogP contribution in [0.25, 0.3) is 0 Å². The van der Waals surface area contributed by atoms with E-state index < -0.39 is 0 Å². The fraction of sp³-hybridized carbons (Fsp3) is 0.909. The SMILES string of the molecule is COC(=O)C1[C@H]2CC(C(C)C)C[C@@H]12. The van der Waals surface area contributed by atoms with Gasteiger partial charge in [0.2, 0.25) is 0 Å². The van der Waals surface area contributed by atoms with Crippen molar-refractivity contribution in [1.29, 1.82) is 0 Å². The quantitative estimate of drug-likeness (QED) is 0.611. The Morgan fingerprint density at radius 3 is 2.23 bits per heavy atom. The molecule has 0 N–H and O–H groups in total. The van der Waals surface area contributed by atoms with Gasteiger partial charge in [-0.15, -0.1) is 0 Å². The van der Waals surface area contributed by atoms with Gasteiger partial charge in [0, 0.05) is 0 Å². The van der Waals surface area contributed by atoms with Crippen molar-refractivity contribution in [3.8, 4) is 0 Å². The number of carbonyl (C=O) groups is 1. The van der Waals surface area contributed by atoms with Crippen LogP contribution in [0.1, 0.15) is 26.7 Å². The van der Waals surface area contributed by atoms with Crippen molar-refractivity contribution < 1.29 is 9.53 Å². The molecule has 0 spiro atoms. The Labute approximate surface area is 79.7 Å². The summed E-state index contributed by atoms with van der Waals surface area (Å²) in [7, 11) is 1.50. The van der Waals surface area contributed by atoms with E-state index in [1.165, 1.54) is 20.0 Å². The summed E-state index contributed by atoms with van der Waals surface area (Å²) in [5.74, 6) is 3.26. The van der Waals surface area contributed by atoms with Gasteiger partial charge in [-0.1, -0.05) is 13.8 Å². The molecule has 13 heavy (non-hydrogen) atoms. The largest absolute Gasteiger partial charge is 0.469 e. The Morgan fingerprint density at radius 2 is 1.85 bits per heavy atom.